The zero-order valence-corrected chi connectivity index (χ0v) is 25.6. The van der Waals surface area contributed by atoms with Gasteiger partial charge in [-0.05, 0) is 98.9 Å². The topological polar surface area (TPSA) is 44.4 Å². The lowest BCUT2D eigenvalue weighted by Crippen LogP contribution is -2.41. The molecule has 0 aliphatic carbocycles. The van der Waals surface area contributed by atoms with Crippen LogP contribution < -0.4 is 10.6 Å². The molecular weight excluding hydrogens is 509 g/mol. The molecule has 0 saturated carbocycles. The zero-order chi connectivity index (χ0) is 29.6. The van der Waals surface area contributed by atoms with E-state index in [1.54, 1.807) is 6.07 Å². The molecule has 1 amide bonds. The number of hydrogen-bond acceptors (Lipinski definition) is 3. The van der Waals surface area contributed by atoms with E-state index in [2.05, 4.69) is 70.7 Å². The van der Waals surface area contributed by atoms with Crippen LogP contribution in [-0.4, -0.2) is 37.0 Å². The van der Waals surface area contributed by atoms with Crippen LogP contribution in [0.4, 0.5) is 4.39 Å². The molecule has 1 atom stereocenters. The van der Waals surface area contributed by atoms with E-state index in [1.807, 2.05) is 33.8 Å². The Labute approximate surface area is 247 Å². The standard InChI is InChI=1S/C32H36FN3O.2C2H6/c1-23(36-19-15-27(16-20-36)32(37)35-22-25-5-4-6-28(33)21-25)29-12-11-26(30-7-2-3-8-31(29)30)10-9-24-13-17-34-18-14-24;2*1-2/h2-8,11-12,21,23-24,27,34H,13-20,22H2,1H3,(H,35,37);2*1-2H3. The van der Waals surface area contributed by atoms with E-state index in [0.29, 0.717) is 12.5 Å². The number of carbonyl (C=O) groups is 1. The average molecular weight is 558 g/mol. The monoisotopic (exact) mass is 557 g/mol. The summed E-state index contributed by atoms with van der Waals surface area (Å²) in [6.45, 7) is 14.5. The van der Waals surface area contributed by atoms with Crippen molar-refractivity contribution in [3.8, 4) is 11.8 Å². The minimum Gasteiger partial charge on any atom is -0.352 e. The predicted octanol–water partition coefficient (Wildman–Crippen LogP) is 7.47. The summed E-state index contributed by atoms with van der Waals surface area (Å²) in [5.41, 5.74) is 3.21. The summed E-state index contributed by atoms with van der Waals surface area (Å²) in [5.74, 6) is 7.29. The molecule has 0 bridgehead atoms. The Kier molecular flexibility index (Phi) is 13.3. The number of hydrogen-bond donors (Lipinski definition) is 2. The van der Waals surface area contributed by atoms with Crippen LogP contribution >= 0.6 is 0 Å². The number of rotatable bonds is 5. The zero-order valence-electron chi connectivity index (χ0n) is 25.6. The lowest BCUT2D eigenvalue weighted by Gasteiger charge is -2.36. The van der Waals surface area contributed by atoms with Gasteiger partial charge in [-0.25, -0.2) is 4.39 Å². The van der Waals surface area contributed by atoms with Gasteiger partial charge in [-0.2, -0.15) is 0 Å². The summed E-state index contributed by atoms with van der Waals surface area (Å²) in [6.07, 6.45) is 3.91. The summed E-state index contributed by atoms with van der Waals surface area (Å²) < 4.78 is 13.4. The first-order chi connectivity index (χ1) is 20.1. The first-order valence-electron chi connectivity index (χ1n) is 15.6. The van der Waals surface area contributed by atoms with Gasteiger partial charge in [0.15, 0.2) is 0 Å². The lowest BCUT2D eigenvalue weighted by atomic mass is 9.91. The molecule has 3 aromatic rings. The quantitative estimate of drug-likeness (QED) is 0.320. The highest BCUT2D eigenvalue weighted by Crippen LogP contribution is 2.32. The molecule has 0 radical (unpaired) electrons. The van der Waals surface area contributed by atoms with Crippen LogP contribution in [0.15, 0.2) is 60.7 Å². The van der Waals surface area contributed by atoms with Gasteiger partial charge in [0.2, 0.25) is 5.91 Å². The maximum Gasteiger partial charge on any atom is 0.223 e. The first kappa shape index (κ1) is 32.3. The van der Waals surface area contributed by atoms with Crippen molar-refractivity contribution in [3.05, 3.63) is 83.2 Å². The molecule has 0 aromatic heterocycles. The smallest absolute Gasteiger partial charge is 0.223 e. The number of carbonyl (C=O) groups excluding carboxylic acids is 1. The van der Waals surface area contributed by atoms with Crippen LogP contribution in [0.5, 0.6) is 0 Å². The molecule has 3 aromatic carbocycles. The normalized spacial score (nSPS) is 16.7. The highest BCUT2D eigenvalue weighted by atomic mass is 19.1. The predicted molar refractivity (Wildman–Crippen MR) is 170 cm³/mol. The van der Waals surface area contributed by atoms with Crippen molar-refractivity contribution < 1.29 is 9.18 Å². The highest BCUT2D eigenvalue weighted by molar-refractivity contribution is 5.91. The van der Waals surface area contributed by atoms with E-state index < -0.39 is 0 Å². The van der Waals surface area contributed by atoms with Crippen molar-refractivity contribution in [3.63, 3.8) is 0 Å². The largest absolute Gasteiger partial charge is 0.352 e. The van der Waals surface area contributed by atoms with Crippen molar-refractivity contribution in [2.45, 2.75) is 72.9 Å². The minimum atomic E-state index is -0.275. The van der Waals surface area contributed by atoms with Crippen LogP contribution in [0.1, 0.15) is 83.0 Å². The molecule has 2 aliphatic rings. The Morgan fingerprint density at radius 2 is 1.63 bits per heavy atom. The number of fused-ring (bicyclic) bond motifs is 1. The Hall–Kier alpha value is -3.20. The molecule has 2 N–H and O–H groups in total. The number of amides is 1. The first-order valence-corrected chi connectivity index (χ1v) is 15.6. The molecule has 5 rings (SSSR count). The third-order valence-electron chi connectivity index (χ3n) is 7.96. The Balaban J connectivity index is 0.00000111. The molecule has 2 saturated heterocycles. The third kappa shape index (κ3) is 8.89. The van der Waals surface area contributed by atoms with Crippen LogP contribution in [0, 0.1) is 29.5 Å². The Morgan fingerprint density at radius 3 is 2.32 bits per heavy atom. The van der Waals surface area contributed by atoms with Gasteiger partial charge in [-0.3, -0.25) is 9.69 Å². The lowest BCUT2D eigenvalue weighted by molar-refractivity contribution is -0.126. The van der Waals surface area contributed by atoms with Crippen LogP contribution in [-0.2, 0) is 11.3 Å². The summed E-state index contributed by atoms with van der Waals surface area (Å²) >= 11 is 0. The van der Waals surface area contributed by atoms with Gasteiger partial charge in [0.1, 0.15) is 5.82 Å². The second-order valence-electron chi connectivity index (χ2n) is 10.4. The maximum atomic E-state index is 13.4. The van der Waals surface area contributed by atoms with Gasteiger partial charge in [0.05, 0.1) is 0 Å². The van der Waals surface area contributed by atoms with E-state index in [-0.39, 0.29) is 23.7 Å². The number of nitrogens with zero attached hydrogens (tertiary/aromatic N) is 1. The molecule has 2 aliphatic heterocycles. The van der Waals surface area contributed by atoms with Crippen LogP contribution in [0.3, 0.4) is 0 Å². The molecule has 1 unspecified atom stereocenters. The van der Waals surface area contributed by atoms with Gasteiger partial charge < -0.3 is 10.6 Å². The molecule has 4 nitrogen and oxygen atoms in total. The number of nitrogens with one attached hydrogen (secondary N) is 2. The van der Waals surface area contributed by atoms with Crippen molar-refractivity contribution in [2.24, 2.45) is 11.8 Å². The Bertz CT molecular complexity index is 1300. The van der Waals surface area contributed by atoms with Crippen LogP contribution in [0.2, 0.25) is 0 Å². The number of likely N-dealkylation sites (tertiary alicyclic amines) is 1. The molecule has 41 heavy (non-hydrogen) atoms. The van der Waals surface area contributed by atoms with Gasteiger partial charge in [0.25, 0.3) is 0 Å². The van der Waals surface area contributed by atoms with Gasteiger partial charge in [0, 0.05) is 30.0 Å². The van der Waals surface area contributed by atoms with E-state index >= 15 is 0 Å². The number of halogens is 1. The third-order valence-corrected chi connectivity index (χ3v) is 7.96. The van der Waals surface area contributed by atoms with E-state index in [4.69, 9.17) is 0 Å². The molecule has 5 heteroatoms. The highest BCUT2D eigenvalue weighted by Gasteiger charge is 2.28. The van der Waals surface area contributed by atoms with Crippen molar-refractivity contribution >= 4 is 16.7 Å². The van der Waals surface area contributed by atoms with Crippen molar-refractivity contribution in [2.75, 3.05) is 26.2 Å². The summed E-state index contributed by atoms with van der Waals surface area (Å²) in [6, 6.07) is 19.7. The molecule has 2 fully saturated rings. The van der Waals surface area contributed by atoms with Crippen LogP contribution in [0.25, 0.3) is 10.8 Å². The summed E-state index contributed by atoms with van der Waals surface area (Å²) in [4.78, 5) is 15.2. The van der Waals surface area contributed by atoms with E-state index in [0.717, 1.165) is 63.0 Å². The minimum absolute atomic E-state index is 0.00129. The number of piperidine rings is 2. The molecule has 220 valence electrons. The molecule has 0 spiro atoms. The van der Waals surface area contributed by atoms with Gasteiger partial charge in [-0.1, -0.05) is 82.0 Å². The van der Waals surface area contributed by atoms with Gasteiger partial charge in [-0.15, -0.1) is 0 Å². The number of benzene rings is 3. The Morgan fingerprint density at radius 1 is 0.951 bits per heavy atom. The summed E-state index contributed by atoms with van der Waals surface area (Å²) in [7, 11) is 0. The van der Waals surface area contributed by atoms with Crippen molar-refractivity contribution in [1.29, 1.82) is 0 Å². The molecule has 2 heterocycles. The van der Waals surface area contributed by atoms with Gasteiger partial charge >= 0.3 is 0 Å². The maximum absolute atomic E-state index is 13.4. The fourth-order valence-electron chi connectivity index (χ4n) is 5.67. The van der Waals surface area contributed by atoms with Crippen molar-refractivity contribution in [1.82, 2.24) is 15.5 Å². The second-order valence-corrected chi connectivity index (χ2v) is 10.4. The fraction of sp³-hybridized carbons (Fsp3) is 0.472. The second kappa shape index (κ2) is 16.9. The SMILES string of the molecule is CC.CC.CC(c1ccc(C#CC2CCNCC2)c2ccccc12)N1CCC(C(=O)NCc2cccc(F)c2)CC1. The fourth-order valence-corrected chi connectivity index (χ4v) is 5.67. The average Bonchev–Trinajstić information content (AvgIpc) is 3.04. The van der Waals surface area contributed by atoms with E-state index in [9.17, 15) is 9.18 Å². The molecular formula is C36H48FN3O. The van der Waals surface area contributed by atoms with E-state index in [1.165, 1.54) is 28.5 Å². The summed E-state index contributed by atoms with van der Waals surface area (Å²) in [5, 5.41) is 8.90.